The summed E-state index contributed by atoms with van der Waals surface area (Å²) in [5.41, 5.74) is 0.399. The maximum Gasteiger partial charge on any atom is 0.573 e. The molecule has 1 N–H and O–H groups in total. The summed E-state index contributed by atoms with van der Waals surface area (Å²) in [4.78, 5) is 10.4. The van der Waals surface area contributed by atoms with Crippen molar-refractivity contribution in [3.63, 3.8) is 0 Å². The van der Waals surface area contributed by atoms with Crippen molar-refractivity contribution in [2.24, 2.45) is 0 Å². The number of carboxylic acids is 1. The molecule has 1 aromatic rings. The SMILES string of the molecule is COc1cc(CCC(=O)O)cc(OC(F)(F)F)c1. The molecule has 7 heteroatoms. The minimum absolute atomic E-state index is 0.0980. The first-order valence-electron chi connectivity index (χ1n) is 4.95. The van der Waals surface area contributed by atoms with E-state index in [1.165, 1.54) is 13.2 Å². The van der Waals surface area contributed by atoms with E-state index in [0.29, 0.717) is 5.56 Å². The molecule has 100 valence electrons. The first-order valence-corrected chi connectivity index (χ1v) is 4.95. The normalized spacial score (nSPS) is 11.1. The number of hydrogen-bond donors (Lipinski definition) is 1. The number of halogens is 3. The quantitative estimate of drug-likeness (QED) is 0.888. The molecular formula is C11H11F3O4. The Hall–Kier alpha value is -1.92. The molecule has 0 fully saturated rings. The molecule has 0 amide bonds. The lowest BCUT2D eigenvalue weighted by molar-refractivity contribution is -0.274. The lowest BCUT2D eigenvalue weighted by atomic mass is 10.1. The minimum Gasteiger partial charge on any atom is -0.497 e. The lowest BCUT2D eigenvalue weighted by Crippen LogP contribution is -2.17. The fourth-order valence-electron chi connectivity index (χ4n) is 1.34. The van der Waals surface area contributed by atoms with Gasteiger partial charge in [0, 0.05) is 12.5 Å². The summed E-state index contributed by atoms with van der Waals surface area (Å²) >= 11 is 0. The maximum atomic E-state index is 12.1. The number of carbonyl (C=O) groups is 1. The average molecular weight is 264 g/mol. The van der Waals surface area contributed by atoms with E-state index in [1.807, 2.05) is 0 Å². The third-order valence-corrected chi connectivity index (χ3v) is 2.04. The van der Waals surface area contributed by atoms with Crippen molar-refractivity contribution in [3.8, 4) is 11.5 Å². The first-order chi connectivity index (χ1) is 8.30. The van der Waals surface area contributed by atoms with Gasteiger partial charge in [-0.05, 0) is 24.1 Å². The Bertz CT molecular complexity index is 429. The zero-order valence-corrected chi connectivity index (χ0v) is 9.45. The molecule has 0 saturated heterocycles. The van der Waals surface area contributed by atoms with Crippen LogP contribution in [0.2, 0.25) is 0 Å². The fourth-order valence-corrected chi connectivity index (χ4v) is 1.34. The van der Waals surface area contributed by atoms with E-state index < -0.39 is 18.1 Å². The molecule has 1 rings (SSSR count). The van der Waals surface area contributed by atoms with Crippen molar-refractivity contribution < 1.29 is 32.5 Å². The minimum atomic E-state index is -4.80. The number of aliphatic carboxylic acids is 1. The first kappa shape index (κ1) is 14.1. The smallest absolute Gasteiger partial charge is 0.497 e. The predicted molar refractivity (Wildman–Crippen MR) is 55.6 cm³/mol. The molecule has 0 aliphatic heterocycles. The molecule has 1 aromatic carbocycles. The van der Waals surface area contributed by atoms with E-state index in [4.69, 9.17) is 9.84 Å². The monoisotopic (exact) mass is 264 g/mol. The third-order valence-electron chi connectivity index (χ3n) is 2.04. The summed E-state index contributed by atoms with van der Waals surface area (Å²) in [7, 11) is 1.30. The van der Waals surface area contributed by atoms with Crippen LogP contribution >= 0.6 is 0 Å². The van der Waals surface area contributed by atoms with Gasteiger partial charge in [-0.3, -0.25) is 4.79 Å². The van der Waals surface area contributed by atoms with Crippen LogP contribution in [0.15, 0.2) is 18.2 Å². The Balaban J connectivity index is 2.90. The van der Waals surface area contributed by atoms with Crippen LogP contribution in [-0.2, 0) is 11.2 Å². The van der Waals surface area contributed by atoms with Gasteiger partial charge < -0.3 is 14.6 Å². The molecule has 0 unspecified atom stereocenters. The van der Waals surface area contributed by atoms with Gasteiger partial charge in [0.1, 0.15) is 11.5 Å². The molecule has 0 aliphatic rings. The Morgan fingerprint density at radius 2 is 1.89 bits per heavy atom. The molecular weight excluding hydrogens is 253 g/mol. The van der Waals surface area contributed by atoms with Crippen LogP contribution in [0.3, 0.4) is 0 Å². The highest BCUT2D eigenvalue weighted by atomic mass is 19.4. The van der Waals surface area contributed by atoms with Crippen molar-refractivity contribution in [3.05, 3.63) is 23.8 Å². The molecule has 0 aromatic heterocycles. The van der Waals surface area contributed by atoms with Gasteiger partial charge in [-0.25, -0.2) is 0 Å². The molecule has 0 spiro atoms. The Morgan fingerprint density at radius 1 is 1.28 bits per heavy atom. The van der Waals surface area contributed by atoms with Crippen LogP contribution in [-0.4, -0.2) is 24.5 Å². The van der Waals surface area contributed by atoms with Crippen molar-refractivity contribution in [1.29, 1.82) is 0 Å². The summed E-state index contributed by atoms with van der Waals surface area (Å²) in [6.07, 6.45) is -4.88. The van der Waals surface area contributed by atoms with Crippen LogP contribution in [0.1, 0.15) is 12.0 Å². The number of methoxy groups -OCH3 is 1. The van der Waals surface area contributed by atoms with Gasteiger partial charge in [-0.15, -0.1) is 13.2 Å². The summed E-state index contributed by atoms with van der Waals surface area (Å²) in [5.74, 6) is -1.28. The second-order valence-corrected chi connectivity index (χ2v) is 3.46. The molecule has 0 atom stereocenters. The topological polar surface area (TPSA) is 55.8 Å². The number of benzene rings is 1. The van der Waals surface area contributed by atoms with Crippen LogP contribution in [0.4, 0.5) is 13.2 Å². The molecule has 0 aliphatic carbocycles. The average Bonchev–Trinajstić information content (AvgIpc) is 2.23. The molecule has 18 heavy (non-hydrogen) atoms. The Kier molecular flexibility index (Phi) is 4.41. The second-order valence-electron chi connectivity index (χ2n) is 3.46. The highest BCUT2D eigenvalue weighted by molar-refractivity contribution is 5.67. The third kappa shape index (κ3) is 4.94. The van der Waals surface area contributed by atoms with Crippen molar-refractivity contribution >= 4 is 5.97 Å². The highest BCUT2D eigenvalue weighted by Crippen LogP contribution is 2.28. The molecule has 0 bridgehead atoms. The number of ether oxygens (including phenoxy) is 2. The number of alkyl halides is 3. The number of carboxylic acid groups (broad SMARTS) is 1. The zero-order valence-electron chi connectivity index (χ0n) is 9.45. The van der Waals surface area contributed by atoms with Crippen molar-refractivity contribution in [2.75, 3.05) is 7.11 Å². The van der Waals surface area contributed by atoms with Crippen LogP contribution in [0, 0.1) is 0 Å². The van der Waals surface area contributed by atoms with Crippen molar-refractivity contribution in [1.82, 2.24) is 0 Å². The van der Waals surface area contributed by atoms with E-state index in [0.717, 1.165) is 12.1 Å². The van der Waals surface area contributed by atoms with Gasteiger partial charge in [0.05, 0.1) is 7.11 Å². The van der Waals surface area contributed by atoms with Gasteiger partial charge >= 0.3 is 12.3 Å². The molecule has 0 saturated carbocycles. The van der Waals surface area contributed by atoms with Gasteiger partial charge in [0.25, 0.3) is 0 Å². The molecule has 0 heterocycles. The van der Waals surface area contributed by atoms with E-state index in [9.17, 15) is 18.0 Å². The summed E-state index contributed by atoms with van der Waals surface area (Å²) in [5, 5.41) is 8.51. The van der Waals surface area contributed by atoms with E-state index >= 15 is 0 Å². The number of rotatable bonds is 5. The Morgan fingerprint density at radius 3 is 2.39 bits per heavy atom. The van der Waals surface area contributed by atoms with Gasteiger partial charge in [0.15, 0.2) is 0 Å². The summed E-state index contributed by atoms with van der Waals surface area (Å²) < 4.78 is 44.8. The standard InChI is InChI=1S/C11H11F3O4/c1-17-8-4-7(2-3-10(15)16)5-9(6-8)18-11(12,13)14/h4-6H,2-3H2,1H3,(H,15,16). The van der Waals surface area contributed by atoms with E-state index in [2.05, 4.69) is 4.74 Å². The van der Waals surface area contributed by atoms with Gasteiger partial charge in [-0.2, -0.15) is 0 Å². The highest BCUT2D eigenvalue weighted by Gasteiger charge is 2.31. The Labute approximate surface area is 101 Å². The fraction of sp³-hybridized carbons (Fsp3) is 0.364. The van der Waals surface area contributed by atoms with Crippen LogP contribution < -0.4 is 9.47 Å². The summed E-state index contributed by atoms with van der Waals surface area (Å²) in [6.45, 7) is 0. The van der Waals surface area contributed by atoms with Crippen molar-refractivity contribution in [2.45, 2.75) is 19.2 Å². The number of aryl methyl sites for hydroxylation is 1. The van der Waals surface area contributed by atoms with Gasteiger partial charge in [0.2, 0.25) is 0 Å². The molecule has 4 nitrogen and oxygen atoms in total. The van der Waals surface area contributed by atoms with E-state index in [1.54, 1.807) is 0 Å². The summed E-state index contributed by atoms with van der Waals surface area (Å²) in [6, 6.07) is 3.68. The zero-order chi connectivity index (χ0) is 13.8. The molecule has 0 radical (unpaired) electrons. The maximum absolute atomic E-state index is 12.1. The largest absolute Gasteiger partial charge is 0.573 e. The van der Waals surface area contributed by atoms with Crippen LogP contribution in [0.25, 0.3) is 0 Å². The number of hydrogen-bond acceptors (Lipinski definition) is 3. The van der Waals surface area contributed by atoms with Crippen LogP contribution in [0.5, 0.6) is 11.5 Å². The lowest BCUT2D eigenvalue weighted by Gasteiger charge is -2.11. The van der Waals surface area contributed by atoms with E-state index in [-0.39, 0.29) is 18.6 Å². The van der Waals surface area contributed by atoms with Gasteiger partial charge in [-0.1, -0.05) is 0 Å². The second kappa shape index (κ2) is 5.61. The predicted octanol–water partition coefficient (Wildman–Crippen LogP) is 2.61.